The van der Waals surface area contributed by atoms with Crippen molar-refractivity contribution in [2.45, 2.75) is 99.1 Å². The molecule has 7 rings (SSSR count). The first kappa shape index (κ1) is 42.8. The van der Waals surface area contributed by atoms with Crippen molar-refractivity contribution in [2.75, 3.05) is 60.1 Å². The van der Waals surface area contributed by atoms with Gasteiger partial charge >= 0.3 is 0 Å². The second-order valence-corrected chi connectivity index (χ2v) is 17.5. The number of benzene rings is 2. The molecule has 0 spiro atoms. The second kappa shape index (κ2) is 18.6. The van der Waals surface area contributed by atoms with E-state index in [2.05, 4.69) is 37.3 Å². The highest BCUT2D eigenvalue weighted by molar-refractivity contribution is 7.99. The van der Waals surface area contributed by atoms with E-state index in [4.69, 9.17) is 23.1 Å². The lowest BCUT2D eigenvalue weighted by atomic mass is 9.91. The maximum Gasteiger partial charge on any atom is 0.262 e. The molecule has 1 unspecified atom stereocenters. The largest absolute Gasteiger partial charge is 0.381 e. The highest BCUT2D eigenvalue weighted by Gasteiger charge is 2.45. The van der Waals surface area contributed by atoms with E-state index in [0.29, 0.717) is 71.9 Å². The summed E-state index contributed by atoms with van der Waals surface area (Å²) in [7, 11) is 0. The van der Waals surface area contributed by atoms with Gasteiger partial charge in [-0.2, -0.15) is 0 Å². The van der Waals surface area contributed by atoms with E-state index in [1.807, 2.05) is 17.0 Å². The molecule has 4 aliphatic heterocycles. The Morgan fingerprint density at radius 2 is 1.62 bits per heavy atom. The van der Waals surface area contributed by atoms with E-state index < -0.39 is 29.7 Å². The van der Waals surface area contributed by atoms with Crippen molar-refractivity contribution in [3.63, 3.8) is 0 Å². The number of nitrogens with one attached hydrogen (secondary N) is 2. The smallest absolute Gasteiger partial charge is 0.262 e. The summed E-state index contributed by atoms with van der Waals surface area (Å²) < 4.78 is 0. The van der Waals surface area contributed by atoms with Crippen molar-refractivity contribution in [3.8, 4) is 0 Å². The molecule has 3 saturated heterocycles. The highest BCUT2D eigenvalue weighted by atomic mass is 35.5. The van der Waals surface area contributed by atoms with Crippen LogP contribution in [0, 0.1) is 0 Å². The molecule has 318 valence electrons. The molecule has 6 amide bonds. The number of imide groups is 2. The van der Waals surface area contributed by atoms with Gasteiger partial charge in [-0.1, -0.05) is 48.7 Å². The number of aromatic nitrogens is 2. The lowest BCUT2D eigenvalue weighted by Gasteiger charge is -2.37. The molecular weight excluding hydrogens is 808 g/mol. The molecule has 0 radical (unpaired) electrons. The Kier molecular flexibility index (Phi) is 13.3. The van der Waals surface area contributed by atoms with Crippen molar-refractivity contribution in [2.24, 2.45) is 5.73 Å². The molecule has 60 heavy (non-hydrogen) atoms. The predicted octanol–water partition coefficient (Wildman–Crippen LogP) is 4.60. The SMILES string of the molecule is CC1(N)CCN(c2cnc(Sc3cccc(NC(=O)CCCCCCCC(=O)N4CCN(c5ccc6c(c5)C(=O)N(C5CCC(=O)NC5=O)C6=O)CC4)c3Cl)c(N)n2)CC1. The number of halogens is 1. The van der Waals surface area contributed by atoms with Crippen LogP contribution in [-0.4, -0.2) is 106 Å². The first-order chi connectivity index (χ1) is 28.8. The Hall–Kier alpha value is -5.26. The molecule has 0 aliphatic carbocycles. The van der Waals surface area contributed by atoms with Crippen LogP contribution in [0.3, 0.4) is 0 Å². The number of amides is 6. The van der Waals surface area contributed by atoms with Gasteiger partial charge < -0.3 is 31.5 Å². The lowest BCUT2D eigenvalue weighted by molar-refractivity contribution is -0.136. The first-order valence-electron chi connectivity index (χ1n) is 20.6. The van der Waals surface area contributed by atoms with Gasteiger partial charge in [-0.3, -0.25) is 39.0 Å². The number of unbranched alkanes of at least 4 members (excludes halogenated alkanes) is 4. The average Bonchev–Trinajstić information content (AvgIpc) is 3.47. The molecule has 4 aliphatic rings. The van der Waals surface area contributed by atoms with Crippen LogP contribution < -0.4 is 31.9 Å². The number of rotatable bonds is 14. The van der Waals surface area contributed by atoms with Crippen molar-refractivity contribution in [3.05, 3.63) is 58.7 Å². The normalized spacial score (nSPS) is 19.1. The lowest BCUT2D eigenvalue weighted by Crippen LogP contribution is -2.54. The summed E-state index contributed by atoms with van der Waals surface area (Å²) in [6, 6.07) is 9.49. The standard InChI is InChI=1S/C42H51ClN10O6S/c1-42(45)16-18-51(19-17-42)32-25-46-39(37(44)48-32)60-31-9-7-8-29(36(31)43)47-33(54)10-5-3-2-4-6-11-35(56)52-22-20-50(21-23-52)26-12-13-27-28(24-26)41(59)53(40(27)58)30-14-15-34(55)49-38(30)57/h7-9,12-13,24-25,30H,2-6,10-11,14-23,45H2,1H3,(H2,44,48)(H,47,54)(H,49,55,57). The molecule has 5 heterocycles. The Morgan fingerprint density at radius 3 is 2.33 bits per heavy atom. The minimum absolute atomic E-state index is 0.0629. The maximum atomic E-state index is 13.3. The number of hydrogen-bond donors (Lipinski definition) is 4. The van der Waals surface area contributed by atoms with Crippen LogP contribution in [0.2, 0.25) is 5.02 Å². The van der Waals surface area contributed by atoms with E-state index in [1.54, 1.807) is 30.5 Å². The molecule has 2 aromatic carbocycles. The van der Waals surface area contributed by atoms with Gasteiger partial charge in [0.05, 0.1) is 28.0 Å². The fourth-order valence-electron chi connectivity index (χ4n) is 7.98. The van der Waals surface area contributed by atoms with Crippen LogP contribution >= 0.6 is 23.4 Å². The van der Waals surface area contributed by atoms with Crippen molar-refractivity contribution in [1.82, 2.24) is 25.1 Å². The van der Waals surface area contributed by atoms with Crippen LogP contribution in [-0.2, 0) is 19.2 Å². The van der Waals surface area contributed by atoms with Gasteiger partial charge in [0.2, 0.25) is 23.6 Å². The van der Waals surface area contributed by atoms with E-state index >= 15 is 0 Å². The van der Waals surface area contributed by atoms with Gasteiger partial charge in [0.25, 0.3) is 11.8 Å². The summed E-state index contributed by atoms with van der Waals surface area (Å²) in [5.74, 6) is -1.13. The molecule has 0 saturated carbocycles. The van der Waals surface area contributed by atoms with Crippen LogP contribution in [0.25, 0.3) is 0 Å². The third-order valence-corrected chi connectivity index (χ3v) is 13.2. The minimum atomic E-state index is -1.01. The van der Waals surface area contributed by atoms with Crippen molar-refractivity contribution in [1.29, 1.82) is 0 Å². The van der Waals surface area contributed by atoms with Crippen molar-refractivity contribution < 1.29 is 28.8 Å². The predicted molar refractivity (Wildman–Crippen MR) is 229 cm³/mol. The number of piperidine rings is 2. The van der Waals surface area contributed by atoms with Crippen LogP contribution in [0.4, 0.5) is 23.0 Å². The maximum absolute atomic E-state index is 13.3. The molecule has 1 atom stereocenters. The molecule has 1 aromatic heterocycles. The Morgan fingerprint density at radius 1 is 0.917 bits per heavy atom. The minimum Gasteiger partial charge on any atom is -0.381 e. The van der Waals surface area contributed by atoms with E-state index in [1.165, 1.54) is 11.8 Å². The summed E-state index contributed by atoms with van der Waals surface area (Å²) >= 11 is 8.01. The number of hydrogen-bond acceptors (Lipinski definition) is 13. The number of nitrogen functional groups attached to an aromatic ring is 1. The Labute approximate surface area is 358 Å². The van der Waals surface area contributed by atoms with Gasteiger partial charge in [-0.25, -0.2) is 9.97 Å². The zero-order chi connectivity index (χ0) is 42.6. The summed E-state index contributed by atoms with van der Waals surface area (Å²) in [5.41, 5.74) is 14.2. The number of carbonyl (C=O) groups excluding carboxylic acids is 6. The second-order valence-electron chi connectivity index (χ2n) is 16.1. The number of nitrogens with two attached hydrogens (primary N) is 2. The zero-order valence-corrected chi connectivity index (χ0v) is 35.3. The van der Waals surface area contributed by atoms with Crippen LogP contribution in [0.15, 0.2) is 52.5 Å². The van der Waals surface area contributed by atoms with E-state index in [-0.39, 0.29) is 41.3 Å². The molecular formula is C42H51ClN10O6S. The molecule has 3 aromatic rings. The third-order valence-electron chi connectivity index (χ3n) is 11.6. The van der Waals surface area contributed by atoms with Gasteiger partial charge in [-0.15, -0.1) is 0 Å². The van der Waals surface area contributed by atoms with Gasteiger partial charge in [-0.05, 0) is 69.4 Å². The number of nitrogens with zero attached hydrogens (tertiary/aromatic N) is 6. The highest BCUT2D eigenvalue weighted by Crippen LogP contribution is 2.39. The summed E-state index contributed by atoms with van der Waals surface area (Å²) in [5, 5.41) is 6.08. The summed E-state index contributed by atoms with van der Waals surface area (Å²) in [6.07, 6.45) is 8.54. The quantitative estimate of drug-likeness (QED) is 0.129. The fourth-order valence-corrected chi connectivity index (χ4v) is 9.08. The zero-order valence-electron chi connectivity index (χ0n) is 33.7. The number of anilines is 4. The van der Waals surface area contributed by atoms with Crippen LogP contribution in [0.5, 0.6) is 0 Å². The topological polar surface area (TPSA) is 217 Å². The summed E-state index contributed by atoms with van der Waals surface area (Å²) in [4.78, 5) is 93.0. The Bertz CT molecular complexity index is 2170. The fraction of sp³-hybridized carbons (Fsp3) is 0.476. The summed E-state index contributed by atoms with van der Waals surface area (Å²) in [6.45, 7) is 5.87. The van der Waals surface area contributed by atoms with Crippen LogP contribution in [0.1, 0.15) is 98.3 Å². The van der Waals surface area contributed by atoms with E-state index in [9.17, 15) is 28.8 Å². The van der Waals surface area contributed by atoms with Gasteiger partial charge in [0.15, 0.2) is 5.82 Å². The van der Waals surface area contributed by atoms with E-state index in [0.717, 1.165) is 68.0 Å². The van der Waals surface area contributed by atoms with Gasteiger partial charge in [0.1, 0.15) is 16.9 Å². The molecule has 18 heteroatoms. The van der Waals surface area contributed by atoms with Gasteiger partial charge in [0, 0.05) is 74.7 Å². The molecule has 16 nitrogen and oxygen atoms in total. The average molecular weight is 859 g/mol. The number of carbonyl (C=O) groups is 6. The third kappa shape index (κ3) is 9.85. The molecule has 6 N–H and O–H groups in total. The monoisotopic (exact) mass is 858 g/mol. The Balaban J connectivity index is 0.782. The number of piperazine rings is 1. The molecule has 0 bridgehead atoms. The first-order valence-corrected chi connectivity index (χ1v) is 21.8. The number of fused-ring (bicyclic) bond motifs is 1. The molecule has 3 fully saturated rings. The van der Waals surface area contributed by atoms with Crippen molar-refractivity contribution >= 4 is 81.8 Å².